The maximum Gasteiger partial charge on any atom is 0.267 e. The zero-order valence-electron chi connectivity index (χ0n) is 9.65. The molecule has 5 nitrogen and oxygen atoms in total. The number of amides is 1. The second kappa shape index (κ2) is 4.71. The summed E-state index contributed by atoms with van der Waals surface area (Å²) in [6.07, 6.45) is 5.65. The number of hydrogen-bond acceptors (Lipinski definition) is 4. The smallest absolute Gasteiger partial charge is 0.267 e. The van der Waals surface area contributed by atoms with Crippen molar-refractivity contribution in [3.63, 3.8) is 0 Å². The number of nitrogens with two attached hydrogens (primary N) is 1. The van der Waals surface area contributed by atoms with Gasteiger partial charge in [-0.25, -0.2) is 0 Å². The first-order valence-electron chi connectivity index (χ1n) is 5.80. The van der Waals surface area contributed by atoms with Crippen LogP contribution in [0.15, 0.2) is 18.3 Å². The minimum atomic E-state index is -0.543. The Morgan fingerprint density at radius 1 is 1.53 bits per heavy atom. The van der Waals surface area contributed by atoms with E-state index in [-0.39, 0.29) is 17.8 Å². The van der Waals surface area contributed by atoms with E-state index in [2.05, 4.69) is 10.3 Å². The summed E-state index contributed by atoms with van der Waals surface area (Å²) in [5.74, 6) is -0.543. The maximum absolute atomic E-state index is 11.0. The Labute approximate surface area is 100 Å². The van der Waals surface area contributed by atoms with Crippen LogP contribution in [-0.2, 0) is 0 Å². The number of nitrogens with zero attached hydrogens (tertiary/aromatic N) is 1. The van der Waals surface area contributed by atoms with E-state index in [0.717, 1.165) is 31.4 Å². The molecule has 1 aliphatic carbocycles. The predicted octanol–water partition coefficient (Wildman–Crippen LogP) is 0.897. The van der Waals surface area contributed by atoms with Crippen LogP contribution in [-0.4, -0.2) is 28.1 Å². The highest BCUT2D eigenvalue weighted by Gasteiger charge is 2.32. The van der Waals surface area contributed by atoms with Crippen molar-refractivity contribution in [2.45, 2.75) is 31.2 Å². The molecule has 1 aliphatic rings. The third-order valence-electron chi connectivity index (χ3n) is 3.29. The van der Waals surface area contributed by atoms with Gasteiger partial charge in [-0.3, -0.25) is 9.78 Å². The SMILES string of the molecule is NC(=O)c1cc(NC2(CO)CCCC2)ccn1. The number of aromatic nitrogens is 1. The average Bonchev–Trinajstić information content (AvgIpc) is 2.78. The highest BCUT2D eigenvalue weighted by atomic mass is 16.3. The molecule has 0 atom stereocenters. The first-order valence-corrected chi connectivity index (χ1v) is 5.80. The highest BCUT2D eigenvalue weighted by molar-refractivity contribution is 5.91. The minimum Gasteiger partial charge on any atom is -0.394 e. The van der Waals surface area contributed by atoms with Crippen LogP contribution in [0.4, 0.5) is 5.69 Å². The molecule has 0 spiro atoms. The maximum atomic E-state index is 11.0. The number of aliphatic hydroxyl groups excluding tert-OH is 1. The van der Waals surface area contributed by atoms with Crippen molar-refractivity contribution in [2.24, 2.45) is 5.73 Å². The molecular formula is C12H17N3O2. The van der Waals surface area contributed by atoms with Crippen molar-refractivity contribution >= 4 is 11.6 Å². The second-order valence-corrected chi connectivity index (χ2v) is 4.56. The summed E-state index contributed by atoms with van der Waals surface area (Å²) in [5, 5.41) is 12.8. The third-order valence-corrected chi connectivity index (χ3v) is 3.29. The van der Waals surface area contributed by atoms with Gasteiger partial charge in [0.25, 0.3) is 5.91 Å². The number of carbonyl (C=O) groups excluding carboxylic acids is 1. The third kappa shape index (κ3) is 2.55. The molecule has 1 aromatic heterocycles. The Balaban J connectivity index is 2.17. The van der Waals surface area contributed by atoms with Gasteiger partial charge in [0.15, 0.2) is 0 Å². The van der Waals surface area contributed by atoms with E-state index in [9.17, 15) is 9.90 Å². The van der Waals surface area contributed by atoms with Crippen LogP contribution in [0.25, 0.3) is 0 Å². The molecule has 5 heteroatoms. The van der Waals surface area contributed by atoms with E-state index in [1.54, 1.807) is 18.3 Å². The molecule has 0 unspecified atom stereocenters. The zero-order chi connectivity index (χ0) is 12.3. The van der Waals surface area contributed by atoms with Gasteiger partial charge >= 0.3 is 0 Å². The van der Waals surface area contributed by atoms with Crippen LogP contribution in [0.1, 0.15) is 36.2 Å². The van der Waals surface area contributed by atoms with Crippen LogP contribution in [0.5, 0.6) is 0 Å². The van der Waals surface area contributed by atoms with E-state index >= 15 is 0 Å². The lowest BCUT2D eigenvalue weighted by Gasteiger charge is -2.29. The van der Waals surface area contributed by atoms with Gasteiger partial charge in [-0.1, -0.05) is 12.8 Å². The van der Waals surface area contributed by atoms with Crippen molar-refractivity contribution < 1.29 is 9.90 Å². The van der Waals surface area contributed by atoms with Gasteiger partial charge in [-0.2, -0.15) is 0 Å². The molecule has 1 heterocycles. The summed E-state index contributed by atoms with van der Waals surface area (Å²) in [5.41, 5.74) is 5.94. The first-order chi connectivity index (χ1) is 8.15. The van der Waals surface area contributed by atoms with Gasteiger partial charge in [-0.05, 0) is 25.0 Å². The van der Waals surface area contributed by atoms with Crippen molar-refractivity contribution in [2.75, 3.05) is 11.9 Å². The lowest BCUT2D eigenvalue weighted by atomic mass is 9.98. The van der Waals surface area contributed by atoms with Crippen molar-refractivity contribution in [1.82, 2.24) is 4.98 Å². The lowest BCUT2D eigenvalue weighted by molar-refractivity contribution is 0.0995. The number of carbonyl (C=O) groups is 1. The minimum absolute atomic E-state index is 0.0984. The summed E-state index contributed by atoms with van der Waals surface area (Å²) in [6, 6.07) is 3.40. The number of primary amides is 1. The topological polar surface area (TPSA) is 88.2 Å². The van der Waals surface area contributed by atoms with Crippen LogP contribution in [0.2, 0.25) is 0 Å². The summed E-state index contributed by atoms with van der Waals surface area (Å²) in [4.78, 5) is 14.9. The molecule has 0 aromatic carbocycles. The van der Waals surface area contributed by atoms with Crippen molar-refractivity contribution in [3.05, 3.63) is 24.0 Å². The van der Waals surface area contributed by atoms with Crippen LogP contribution < -0.4 is 11.1 Å². The number of hydrogen-bond donors (Lipinski definition) is 3. The Morgan fingerprint density at radius 2 is 2.24 bits per heavy atom. The molecule has 1 amide bonds. The monoisotopic (exact) mass is 235 g/mol. The van der Waals surface area contributed by atoms with Crippen molar-refractivity contribution in [3.8, 4) is 0 Å². The zero-order valence-corrected chi connectivity index (χ0v) is 9.65. The molecule has 1 aromatic rings. The molecule has 0 bridgehead atoms. The van der Waals surface area contributed by atoms with Crippen LogP contribution in [0, 0.1) is 0 Å². The standard InChI is InChI=1S/C12H17N3O2/c13-11(17)10-7-9(3-6-14-10)15-12(8-16)4-1-2-5-12/h3,6-7,16H,1-2,4-5,8H2,(H2,13,17)(H,14,15). The Kier molecular flexibility index (Phi) is 3.28. The summed E-state index contributed by atoms with van der Waals surface area (Å²) >= 11 is 0. The Bertz CT molecular complexity index is 414. The molecule has 1 fully saturated rings. The number of anilines is 1. The molecule has 4 N–H and O–H groups in total. The summed E-state index contributed by atoms with van der Waals surface area (Å²) < 4.78 is 0. The van der Waals surface area contributed by atoms with E-state index in [1.165, 1.54) is 0 Å². The van der Waals surface area contributed by atoms with E-state index in [0.29, 0.717) is 0 Å². The fourth-order valence-corrected chi connectivity index (χ4v) is 2.32. The normalized spacial score (nSPS) is 17.9. The van der Waals surface area contributed by atoms with Crippen LogP contribution >= 0.6 is 0 Å². The number of rotatable bonds is 4. The Morgan fingerprint density at radius 3 is 2.82 bits per heavy atom. The quantitative estimate of drug-likeness (QED) is 0.723. The summed E-state index contributed by atoms with van der Waals surface area (Å²) in [7, 11) is 0. The second-order valence-electron chi connectivity index (χ2n) is 4.56. The van der Waals surface area contributed by atoms with Crippen molar-refractivity contribution in [1.29, 1.82) is 0 Å². The average molecular weight is 235 g/mol. The highest BCUT2D eigenvalue weighted by Crippen LogP contribution is 2.32. The van der Waals surface area contributed by atoms with Gasteiger partial charge in [0, 0.05) is 11.9 Å². The van der Waals surface area contributed by atoms with Gasteiger partial charge in [0.1, 0.15) is 5.69 Å². The number of nitrogens with one attached hydrogen (secondary N) is 1. The largest absolute Gasteiger partial charge is 0.394 e. The summed E-state index contributed by atoms with van der Waals surface area (Å²) in [6.45, 7) is 0.0984. The molecule has 17 heavy (non-hydrogen) atoms. The molecule has 1 saturated carbocycles. The molecule has 0 radical (unpaired) electrons. The van der Waals surface area contributed by atoms with E-state index in [1.807, 2.05) is 0 Å². The molecule has 0 aliphatic heterocycles. The van der Waals surface area contributed by atoms with Gasteiger partial charge < -0.3 is 16.2 Å². The molecule has 2 rings (SSSR count). The fourth-order valence-electron chi connectivity index (χ4n) is 2.32. The number of pyridine rings is 1. The predicted molar refractivity (Wildman–Crippen MR) is 64.7 cm³/mol. The lowest BCUT2D eigenvalue weighted by Crippen LogP contribution is -2.39. The number of aliphatic hydroxyl groups is 1. The van der Waals surface area contributed by atoms with Gasteiger partial charge in [0.2, 0.25) is 0 Å². The molecular weight excluding hydrogens is 218 g/mol. The molecule has 92 valence electrons. The van der Waals surface area contributed by atoms with Gasteiger partial charge in [0.05, 0.1) is 12.1 Å². The van der Waals surface area contributed by atoms with Crippen LogP contribution in [0.3, 0.4) is 0 Å². The van der Waals surface area contributed by atoms with E-state index in [4.69, 9.17) is 5.73 Å². The fraction of sp³-hybridized carbons (Fsp3) is 0.500. The molecule has 0 saturated heterocycles. The van der Waals surface area contributed by atoms with Gasteiger partial charge in [-0.15, -0.1) is 0 Å². The first kappa shape index (κ1) is 11.9. The van der Waals surface area contributed by atoms with E-state index < -0.39 is 5.91 Å². The Hall–Kier alpha value is -1.62.